The summed E-state index contributed by atoms with van der Waals surface area (Å²) in [5, 5.41) is 3.29. The number of hydrogen-bond donors (Lipinski definition) is 2. The van der Waals surface area contributed by atoms with Gasteiger partial charge in [0.2, 0.25) is 0 Å². The van der Waals surface area contributed by atoms with Gasteiger partial charge in [-0.3, -0.25) is 10.2 Å². The van der Waals surface area contributed by atoms with E-state index in [1.807, 2.05) is 6.07 Å². The molecular formula is C16H17ClN4O3. The Hall–Kier alpha value is -2.38. The number of primary amides is 1. The summed E-state index contributed by atoms with van der Waals surface area (Å²) >= 11 is 5.94. The van der Waals surface area contributed by atoms with Gasteiger partial charge in [-0.1, -0.05) is 17.7 Å². The van der Waals surface area contributed by atoms with Crippen LogP contribution in [0.3, 0.4) is 0 Å². The summed E-state index contributed by atoms with van der Waals surface area (Å²) < 4.78 is 4.96. The highest BCUT2D eigenvalue weighted by atomic mass is 35.5. The van der Waals surface area contributed by atoms with Crippen LogP contribution < -0.4 is 11.2 Å². The molecule has 0 spiro atoms. The van der Waals surface area contributed by atoms with Gasteiger partial charge < -0.3 is 10.5 Å². The number of carbonyl (C=O) groups is 2. The number of nitrogens with two attached hydrogens (primary N) is 1. The Kier molecular flexibility index (Phi) is 4.82. The number of amides is 2. The van der Waals surface area contributed by atoms with E-state index in [-0.39, 0.29) is 12.0 Å². The number of piperidine rings is 1. The molecule has 1 saturated heterocycles. The molecule has 1 aliphatic rings. The van der Waals surface area contributed by atoms with Gasteiger partial charge in [0, 0.05) is 23.5 Å². The first-order chi connectivity index (χ1) is 11.5. The van der Waals surface area contributed by atoms with E-state index in [4.69, 9.17) is 22.1 Å². The molecule has 1 aromatic carbocycles. The van der Waals surface area contributed by atoms with Gasteiger partial charge in [0.25, 0.3) is 5.91 Å². The average molecular weight is 349 g/mol. The van der Waals surface area contributed by atoms with Crippen molar-refractivity contribution < 1.29 is 14.3 Å². The smallest absolute Gasteiger partial charge is 0.404 e. The Balaban J connectivity index is 1.61. The average Bonchev–Trinajstić information content (AvgIpc) is 2.55. The molecule has 0 radical (unpaired) electrons. The zero-order valence-corrected chi connectivity index (χ0v) is 13.6. The van der Waals surface area contributed by atoms with Crippen LogP contribution in [-0.2, 0) is 4.74 Å². The van der Waals surface area contributed by atoms with Crippen molar-refractivity contribution in [2.24, 2.45) is 5.73 Å². The third-order valence-electron chi connectivity index (χ3n) is 3.87. The van der Waals surface area contributed by atoms with Crippen molar-refractivity contribution >= 4 is 34.5 Å². The second kappa shape index (κ2) is 7.02. The first-order valence-electron chi connectivity index (χ1n) is 7.59. The van der Waals surface area contributed by atoms with Crippen LogP contribution in [0.4, 0.5) is 4.79 Å². The number of rotatable bonds is 3. The normalized spacial score (nSPS) is 16.0. The molecule has 126 valence electrons. The van der Waals surface area contributed by atoms with Gasteiger partial charge in [0.15, 0.2) is 0 Å². The molecule has 2 amide bonds. The summed E-state index contributed by atoms with van der Waals surface area (Å²) in [6.07, 6.45) is 0.275. The molecular weight excluding hydrogens is 332 g/mol. The number of benzene rings is 1. The minimum absolute atomic E-state index is 0.195. The van der Waals surface area contributed by atoms with Crippen molar-refractivity contribution in [3.63, 3.8) is 0 Å². The molecule has 3 N–H and O–H groups in total. The van der Waals surface area contributed by atoms with E-state index in [2.05, 4.69) is 10.4 Å². The molecule has 2 aromatic rings. The van der Waals surface area contributed by atoms with E-state index < -0.39 is 6.09 Å². The Labute approximate surface area is 143 Å². The summed E-state index contributed by atoms with van der Waals surface area (Å²) in [5.74, 6) is -0.277. The summed E-state index contributed by atoms with van der Waals surface area (Å²) in [4.78, 5) is 27.4. The van der Waals surface area contributed by atoms with Crippen LogP contribution in [-0.4, -0.2) is 41.2 Å². The number of nitrogens with zero attached hydrogens (tertiary/aromatic N) is 2. The molecule has 24 heavy (non-hydrogen) atoms. The van der Waals surface area contributed by atoms with Crippen molar-refractivity contribution in [2.75, 3.05) is 13.1 Å². The van der Waals surface area contributed by atoms with Crippen LogP contribution in [0.15, 0.2) is 30.3 Å². The van der Waals surface area contributed by atoms with Crippen LogP contribution in [0.5, 0.6) is 0 Å². The fourth-order valence-corrected chi connectivity index (χ4v) is 2.85. The lowest BCUT2D eigenvalue weighted by molar-refractivity contribution is 0.0348. The number of fused-ring (bicyclic) bond motifs is 1. The summed E-state index contributed by atoms with van der Waals surface area (Å²) in [5.41, 5.74) is 8.87. The van der Waals surface area contributed by atoms with Gasteiger partial charge in [0.05, 0.1) is 5.52 Å². The van der Waals surface area contributed by atoms with E-state index in [1.165, 1.54) is 0 Å². The van der Waals surface area contributed by atoms with Crippen molar-refractivity contribution in [2.45, 2.75) is 18.9 Å². The number of aromatic nitrogens is 1. The molecule has 0 saturated carbocycles. The number of hydrazine groups is 1. The van der Waals surface area contributed by atoms with Crippen molar-refractivity contribution in [1.29, 1.82) is 0 Å². The Morgan fingerprint density at radius 3 is 2.71 bits per heavy atom. The molecule has 0 aliphatic carbocycles. The van der Waals surface area contributed by atoms with E-state index in [0.29, 0.717) is 42.2 Å². The van der Waals surface area contributed by atoms with Crippen LogP contribution in [0.2, 0.25) is 5.02 Å². The lowest BCUT2D eigenvalue weighted by Gasteiger charge is -2.31. The number of carbonyl (C=O) groups excluding carboxylic acids is 2. The number of halogens is 1. The summed E-state index contributed by atoms with van der Waals surface area (Å²) in [6, 6.07) is 8.80. The molecule has 0 bridgehead atoms. The van der Waals surface area contributed by atoms with Crippen LogP contribution >= 0.6 is 11.6 Å². The number of pyridine rings is 1. The molecule has 3 rings (SSSR count). The SMILES string of the molecule is NC(=O)OC1CCN(NC(=O)c2ccc3cc(Cl)ccc3n2)CC1. The predicted molar refractivity (Wildman–Crippen MR) is 89.5 cm³/mol. The molecule has 8 heteroatoms. The fourth-order valence-electron chi connectivity index (χ4n) is 2.67. The number of nitrogens with one attached hydrogen (secondary N) is 1. The lowest BCUT2D eigenvalue weighted by Crippen LogP contribution is -2.48. The first kappa shape index (κ1) is 16.5. The predicted octanol–water partition coefficient (Wildman–Crippen LogP) is 2.09. The standard InChI is InChI=1S/C16H17ClN4O3/c17-11-2-4-13-10(9-11)1-3-14(19-13)15(22)20-21-7-5-12(6-8-21)24-16(18)23/h1-4,9,12H,5-8H2,(H2,18,23)(H,20,22). The second-order valence-electron chi connectivity index (χ2n) is 5.60. The minimum Gasteiger partial charge on any atom is -0.446 e. The van der Waals surface area contributed by atoms with Crippen LogP contribution in [0, 0.1) is 0 Å². The Morgan fingerprint density at radius 2 is 2.00 bits per heavy atom. The third-order valence-corrected chi connectivity index (χ3v) is 4.10. The van der Waals surface area contributed by atoms with E-state index in [9.17, 15) is 9.59 Å². The highest BCUT2D eigenvalue weighted by Crippen LogP contribution is 2.18. The molecule has 7 nitrogen and oxygen atoms in total. The Morgan fingerprint density at radius 1 is 1.25 bits per heavy atom. The minimum atomic E-state index is -0.766. The maximum absolute atomic E-state index is 12.3. The van der Waals surface area contributed by atoms with E-state index >= 15 is 0 Å². The van der Waals surface area contributed by atoms with Crippen LogP contribution in [0.1, 0.15) is 23.3 Å². The van der Waals surface area contributed by atoms with Gasteiger partial charge in [-0.15, -0.1) is 0 Å². The molecule has 1 fully saturated rings. The third kappa shape index (κ3) is 3.93. The van der Waals surface area contributed by atoms with Gasteiger partial charge in [-0.05, 0) is 37.1 Å². The van der Waals surface area contributed by atoms with Gasteiger partial charge in [0.1, 0.15) is 11.8 Å². The monoisotopic (exact) mass is 348 g/mol. The zero-order valence-electron chi connectivity index (χ0n) is 12.9. The second-order valence-corrected chi connectivity index (χ2v) is 6.03. The van der Waals surface area contributed by atoms with E-state index in [1.54, 1.807) is 29.3 Å². The van der Waals surface area contributed by atoms with Crippen molar-refractivity contribution in [1.82, 2.24) is 15.4 Å². The van der Waals surface area contributed by atoms with Crippen molar-refractivity contribution in [3.8, 4) is 0 Å². The largest absolute Gasteiger partial charge is 0.446 e. The maximum Gasteiger partial charge on any atom is 0.404 e. The van der Waals surface area contributed by atoms with Crippen molar-refractivity contribution in [3.05, 3.63) is 41.0 Å². The summed E-state index contributed by atoms with van der Waals surface area (Å²) in [6.45, 7) is 1.15. The topological polar surface area (TPSA) is 97.5 Å². The molecule has 0 atom stereocenters. The first-order valence-corrected chi connectivity index (χ1v) is 7.97. The zero-order chi connectivity index (χ0) is 17.1. The maximum atomic E-state index is 12.3. The van der Waals surface area contributed by atoms with Gasteiger partial charge in [-0.25, -0.2) is 14.8 Å². The molecule has 1 aliphatic heterocycles. The van der Waals surface area contributed by atoms with Gasteiger partial charge >= 0.3 is 6.09 Å². The van der Waals surface area contributed by atoms with E-state index in [0.717, 1.165) is 5.39 Å². The highest BCUT2D eigenvalue weighted by Gasteiger charge is 2.23. The molecule has 2 heterocycles. The van der Waals surface area contributed by atoms with Crippen LogP contribution in [0.25, 0.3) is 10.9 Å². The fraction of sp³-hybridized carbons (Fsp3) is 0.312. The number of ether oxygens (including phenoxy) is 1. The Bertz CT molecular complexity index is 775. The number of hydrogen-bond acceptors (Lipinski definition) is 5. The summed E-state index contributed by atoms with van der Waals surface area (Å²) in [7, 11) is 0. The lowest BCUT2D eigenvalue weighted by atomic mass is 10.1. The quantitative estimate of drug-likeness (QED) is 0.885. The molecule has 1 aromatic heterocycles. The highest BCUT2D eigenvalue weighted by molar-refractivity contribution is 6.31. The van der Waals surface area contributed by atoms with Gasteiger partial charge in [-0.2, -0.15) is 0 Å². The molecule has 0 unspecified atom stereocenters.